The van der Waals surface area contributed by atoms with Gasteiger partial charge in [0.2, 0.25) is 15.9 Å². The molecule has 1 aliphatic heterocycles. The first-order valence-electron chi connectivity index (χ1n) is 7.44. The van der Waals surface area contributed by atoms with Crippen molar-refractivity contribution >= 4 is 15.9 Å². The molecule has 1 heterocycles. The zero-order valence-electron chi connectivity index (χ0n) is 13.3. The highest BCUT2D eigenvalue weighted by molar-refractivity contribution is 7.88. The van der Waals surface area contributed by atoms with Crippen molar-refractivity contribution in [2.45, 2.75) is 38.0 Å². The molecule has 0 radical (unpaired) electrons. The van der Waals surface area contributed by atoms with Crippen LogP contribution in [0, 0.1) is 0 Å². The van der Waals surface area contributed by atoms with E-state index in [1.807, 2.05) is 0 Å². The van der Waals surface area contributed by atoms with E-state index in [-0.39, 0.29) is 6.54 Å². The lowest BCUT2D eigenvalue weighted by Crippen LogP contribution is -2.46. The third-order valence-electron chi connectivity index (χ3n) is 4.01. The SMILES string of the molecule is CC(NC(=O)C1CCCN1S(C)(=O)=O)c1cccc(C(F)(F)F)c1. The second-order valence-corrected chi connectivity index (χ2v) is 7.82. The summed E-state index contributed by atoms with van der Waals surface area (Å²) in [5.41, 5.74) is -0.484. The standard InChI is InChI=1S/C15H19F3N2O3S/c1-10(11-5-3-6-12(9-11)15(16,17)18)19-14(21)13-7-4-8-20(13)24(2,22)23/h3,5-6,9-10,13H,4,7-8H2,1-2H3,(H,19,21). The lowest BCUT2D eigenvalue weighted by molar-refractivity contribution is -0.137. The lowest BCUT2D eigenvalue weighted by Gasteiger charge is -2.24. The number of rotatable bonds is 4. The van der Waals surface area contributed by atoms with Crippen LogP contribution in [-0.4, -0.2) is 37.5 Å². The van der Waals surface area contributed by atoms with Crippen LogP contribution in [0.15, 0.2) is 24.3 Å². The molecule has 134 valence electrons. The van der Waals surface area contributed by atoms with Crippen molar-refractivity contribution in [3.05, 3.63) is 35.4 Å². The fourth-order valence-corrected chi connectivity index (χ4v) is 3.90. The van der Waals surface area contributed by atoms with Crippen LogP contribution in [0.25, 0.3) is 0 Å². The van der Waals surface area contributed by atoms with E-state index in [1.165, 1.54) is 12.1 Å². The first-order chi connectivity index (χ1) is 11.0. The number of benzene rings is 1. The van der Waals surface area contributed by atoms with Gasteiger partial charge in [-0.25, -0.2) is 8.42 Å². The lowest BCUT2D eigenvalue weighted by atomic mass is 10.0. The van der Waals surface area contributed by atoms with Gasteiger partial charge >= 0.3 is 6.18 Å². The highest BCUT2D eigenvalue weighted by atomic mass is 32.2. The van der Waals surface area contributed by atoms with Crippen molar-refractivity contribution in [3.8, 4) is 0 Å². The van der Waals surface area contributed by atoms with Gasteiger partial charge in [-0.1, -0.05) is 12.1 Å². The van der Waals surface area contributed by atoms with Gasteiger partial charge in [0.1, 0.15) is 6.04 Å². The van der Waals surface area contributed by atoms with Crippen LogP contribution < -0.4 is 5.32 Å². The number of carbonyl (C=O) groups excluding carboxylic acids is 1. The van der Waals surface area contributed by atoms with Crippen molar-refractivity contribution in [1.82, 2.24) is 9.62 Å². The van der Waals surface area contributed by atoms with E-state index in [0.29, 0.717) is 18.4 Å². The molecule has 1 saturated heterocycles. The van der Waals surface area contributed by atoms with Crippen molar-refractivity contribution in [1.29, 1.82) is 0 Å². The Kier molecular flexibility index (Phi) is 5.24. The van der Waals surface area contributed by atoms with Crippen molar-refractivity contribution in [2.24, 2.45) is 0 Å². The van der Waals surface area contributed by atoms with Crippen LogP contribution in [-0.2, 0) is 21.0 Å². The number of nitrogens with one attached hydrogen (secondary N) is 1. The Balaban J connectivity index is 2.12. The molecule has 0 aliphatic carbocycles. The van der Waals surface area contributed by atoms with E-state index < -0.39 is 39.8 Å². The molecule has 1 amide bonds. The molecule has 2 atom stereocenters. The summed E-state index contributed by atoms with van der Waals surface area (Å²) >= 11 is 0. The molecule has 2 unspecified atom stereocenters. The van der Waals surface area contributed by atoms with E-state index in [1.54, 1.807) is 6.92 Å². The molecule has 1 N–H and O–H groups in total. The molecule has 0 bridgehead atoms. The Morgan fingerprint density at radius 1 is 1.38 bits per heavy atom. The monoisotopic (exact) mass is 364 g/mol. The molecule has 5 nitrogen and oxygen atoms in total. The molecular formula is C15H19F3N2O3S. The van der Waals surface area contributed by atoms with Crippen molar-refractivity contribution in [2.75, 3.05) is 12.8 Å². The second-order valence-electron chi connectivity index (χ2n) is 5.89. The summed E-state index contributed by atoms with van der Waals surface area (Å²) in [5.74, 6) is -0.497. The van der Waals surface area contributed by atoms with Gasteiger partial charge in [-0.15, -0.1) is 0 Å². The Bertz CT molecular complexity index is 719. The maximum absolute atomic E-state index is 12.8. The minimum absolute atomic E-state index is 0.273. The summed E-state index contributed by atoms with van der Waals surface area (Å²) in [6.45, 7) is 1.84. The molecular weight excluding hydrogens is 345 g/mol. The molecule has 1 aromatic carbocycles. The predicted octanol–water partition coefficient (Wildman–Crippen LogP) is 2.31. The maximum atomic E-state index is 12.8. The maximum Gasteiger partial charge on any atom is 0.416 e. The van der Waals surface area contributed by atoms with Gasteiger partial charge in [0.25, 0.3) is 0 Å². The number of nitrogens with zero attached hydrogens (tertiary/aromatic N) is 1. The topological polar surface area (TPSA) is 66.5 Å². The average molecular weight is 364 g/mol. The van der Waals surface area contributed by atoms with Gasteiger partial charge in [-0.2, -0.15) is 17.5 Å². The molecule has 0 spiro atoms. The van der Waals surface area contributed by atoms with Gasteiger partial charge in [0.05, 0.1) is 17.9 Å². The average Bonchev–Trinajstić information content (AvgIpc) is 2.96. The summed E-state index contributed by atoms with van der Waals surface area (Å²) in [6, 6.07) is 3.23. The zero-order valence-corrected chi connectivity index (χ0v) is 14.1. The quantitative estimate of drug-likeness (QED) is 0.892. The number of hydrogen-bond acceptors (Lipinski definition) is 3. The van der Waals surface area contributed by atoms with Crippen LogP contribution in [0.1, 0.15) is 36.9 Å². The molecule has 1 aromatic rings. The fourth-order valence-electron chi connectivity index (χ4n) is 2.78. The van der Waals surface area contributed by atoms with E-state index in [4.69, 9.17) is 0 Å². The van der Waals surface area contributed by atoms with E-state index in [2.05, 4.69) is 5.32 Å². The van der Waals surface area contributed by atoms with Crippen LogP contribution in [0.5, 0.6) is 0 Å². The summed E-state index contributed by atoms with van der Waals surface area (Å²) in [4.78, 5) is 12.3. The Morgan fingerprint density at radius 3 is 2.62 bits per heavy atom. The third kappa shape index (κ3) is 4.27. The minimum Gasteiger partial charge on any atom is -0.348 e. The Morgan fingerprint density at radius 2 is 2.04 bits per heavy atom. The normalized spacial score (nSPS) is 20.8. The number of amides is 1. The highest BCUT2D eigenvalue weighted by Crippen LogP contribution is 2.31. The second kappa shape index (κ2) is 6.72. The molecule has 2 rings (SSSR count). The van der Waals surface area contributed by atoms with Gasteiger partial charge < -0.3 is 5.32 Å². The summed E-state index contributed by atoms with van der Waals surface area (Å²) in [5, 5.41) is 2.61. The molecule has 1 aliphatic rings. The number of sulfonamides is 1. The first kappa shape index (κ1) is 18.7. The third-order valence-corrected chi connectivity index (χ3v) is 5.29. The summed E-state index contributed by atoms with van der Waals surface area (Å²) < 4.78 is 62.8. The number of carbonyl (C=O) groups is 1. The predicted molar refractivity (Wildman–Crippen MR) is 82.6 cm³/mol. The van der Waals surface area contributed by atoms with E-state index >= 15 is 0 Å². The van der Waals surface area contributed by atoms with Gasteiger partial charge in [-0.05, 0) is 37.5 Å². The molecule has 0 aromatic heterocycles. The van der Waals surface area contributed by atoms with Crippen LogP contribution in [0.3, 0.4) is 0 Å². The molecule has 1 fully saturated rings. The summed E-state index contributed by atoms with van der Waals surface area (Å²) in [7, 11) is -3.50. The molecule has 0 saturated carbocycles. The van der Waals surface area contributed by atoms with E-state index in [0.717, 1.165) is 22.7 Å². The number of halogens is 3. The summed E-state index contributed by atoms with van der Waals surface area (Å²) in [6.07, 6.45) is -2.45. The van der Waals surface area contributed by atoms with Crippen LogP contribution in [0.2, 0.25) is 0 Å². The van der Waals surface area contributed by atoms with Gasteiger partial charge in [0.15, 0.2) is 0 Å². The highest BCUT2D eigenvalue weighted by Gasteiger charge is 2.37. The Hall–Kier alpha value is -1.61. The fraction of sp³-hybridized carbons (Fsp3) is 0.533. The van der Waals surface area contributed by atoms with Crippen LogP contribution in [0.4, 0.5) is 13.2 Å². The van der Waals surface area contributed by atoms with Gasteiger partial charge in [-0.3, -0.25) is 4.79 Å². The zero-order chi connectivity index (χ0) is 18.1. The Labute approximate surface area is 138 Å². The van der Waals surface area contributed by atoms with Crippen molar-refractivity contribution in [3.63, 3.8) is 0 Å². The van der Waals surface area contributed by atoms with Crippen LogP contribution >= 0.6 is 0 Å². The number of alkyl halides is 3. The smallest absolute Gasteiger partial charge is 0.348 e. The minimum atomic E-state index is -4.46. The molecule has 9 heteroatoms. The molecule has 24 heavy (non-hydrogen) atoms. The first-order valence-corrected chi connectivity index (χ1v) is 9.29. The van der Waals surface area contributed by atoms with E-state index in [9.17, 15) is 26.4 Å². The largest absolute Gasteiger partial charge is 0.416 e. The number of hydrogen-bond donors (Lipinski definition) is 1. The van der Waals surface area contributed by atoms with Crippen molar-refractivity contribution < 1.29 is 26.4 Å². The van der Waals surface area contributed by atoms with Gasteiger partial charge in [0, 0.05) is 6.54 Å².